The summed E-state index contributed by atoms with van der Waals surface area (Å²) in [4.78, 5) is 15.7. The van der Waals surface area contributed by atoms with E-state index >= 15 is 0 Å². The summed E-state index contributed by atoms with van der Waals surface area (Å²) < 4.78 is 0. The molecule has 0 saturated carbocycles. The minimum Gasteiger partial charge on any atom is -0.351 e. The van der Waals surface area contributed by atoms with E-state index in [0.29, 0.717) is 19.6 Å². The Morgan fingerprint density at radius 2 is 1.90 bits per heavy atom. The number of carbonyl (C=O) groups is 1. The number of nitrogens with zero attached hydrogens (tertiary/aromatic N) is 1. The SMILES string of the molecule is Cc1cccc(CNC(=O)CNCc2ccncc2)c1. The van der Waals surface area contributed by atoms with Gasteiger partial charge in [-0.25, -0.2) is 0 Å². The first-order valence-electron chi connectivity index (χ1n) is 6.66. The van der Waals surface area contributed by atoms with Gasteiger partial charge in [-0.3, -0.25) is 9.78 Å². The molecule has 1 aromatic heterocycles. The van der Waals surface area contributed by atoms with Gasteiger partial charge in [-0.1, -0.05) is 29.8 Å². The molecule has 4 nitrogen and oxygen atoms in total. The Morgan fingerprint density at radius 3 is 2.65 bits per heavy atom. The van der Waals surface area contributed by atoms with Crippen molar-refractivity contribution in [2.45, 2.75) is 20.0 Å². The van der Waals surface area contributed by atoms with Crippen molar-refractivity contribution in [1.82, 2.24) is 15.6 Å². The normalized spacial score (nSPS) is 10.2. The first-order valence-corrected chi connectivity index (χ1v) is 6.66. The number of pyridine rings is 1. The molecule has 2 rings (SSSR count). The molecule has 0 spiro atoms. The number of aromatic nitrogens is 1. The zero-order valence-corrected chi connectivity index (χ0v) is 11.6. The highest BCUT2D eigenvalue weighted by molar-refractivity contribution is 5.77. The zero-order chi connectivity index (χ0) is 14.2. The molecule has 4 heteroatoms. The van der Waals surface area contributed by atoms with Crippen molar-refractivity contribution in [2.24, 2.45) is 0 Å². The number of amides is 1. The number of benzene rings is 1. The third kappa shape index (κ3) is 4.82. The molecule has 0 saturated heterocycles. The van der Waals surface area contributed by atoms with Crippen LogP contribution in [-0.4, -0.2) is 17.4 Å². The molecule has 1 heterocycles. The molecule has 0 aliphatic carbocycles. The Kier molecular flexibility index (Phi) is 5.26. The van der Waals surface area contributed by atoms with E-state index in [2.05, 4.69) is 21.7 Å². The number of aryl methyl sites for hydroxylation is 1. The van der Waals surface area contributed by atoms with Crippen LogP contribution >= 0.6 is 0 Å². The summed E-state index contributed by atoms with van der Waals surface area (Å²) in [6.07, 6.45) is 3.49. The van der Waals surface area contributed by atoms with Crippen LogP contribution < -0.4 is 10.6 Å². The standard InChI is InChI=1S/C16H19N3O/c1-13-3-2-4-15(9-13)11-19-16(20)12-18-10-14-5-7-17-8-6-14/h2-9,18H,10-12H2,1H3,(H,19,20). The monoisotopic (exact) mass is 269 g/mol. The Bertz CT molecular complexity index is 555. The van der Waals surface area contributed by atoms with Crippen LogP contribution in [0.25, 0.3) is 0 Å². The molecule has 0 unspecified atom stereocenters. The highest BCUT2D eigenvalue weighted by Crippen LogP contribution is 2.03. The number of hydrogen-bond acceptors (Lipinski definition) is 3. The highest BCUT2D eigenvalue weighted by atomic mass is 16.1. The number of rotatable bonds is 6. The second kappa shape index (κ2) is 7.40. The molecule has 0 aliphatic heterocycles. The second-order valence-corrected chi connectivity index (χ2v) is 4.72. The van der Waals surface area contributed by atoms with Crippen molar-refractivity contribution in [3.05, 3.63) is 65.5 Å². The van der Waals surface area contributed by atoms with Crippen LogP contribution in [0.4, 0.5) is 0 Å². The average Bonchev–Trinajstić information content (AvgIpc) is 2.46. The highest BCUT2D eigenvalue weighted by Gasteiger charge is 2.01. The summed E-state index contributed by atoms with van der Waals surface area (Å²) >= 11 is 0. The predicted molar refractivity (Wildman–Crippen MR) is 79.0 cm³/mol. The lowest BCUT2D eigenvalue weighted by molar-refractivity contribution is -0.120. The number of nitrogens with one attached hydrogen (secondary N) is 2. The topological polar surface area (TPSA) is 54.0 Å². The summed E-state index contributed by atoms with van der Waals surface area (Å²) in [5, 5.41) is 6.01. The van der Waals surface area contributed by atoms with E-state index in [9.17, 15) is 4.79 Å². The molecule has 0 bridgehead atoms. The molecule has 0 fully saturated rings. The Morgan fingerprint density at radius 1 is 1.10 bits per heavy atom. The van der Waals surface area contributed by atoms with Gasteiger partial charge in [-0.05, 0) is 30.2 Å². The van der Waals surface area contributed by atoms with Gasteiger partial charge in [0.05, 0.1) is 6.54 Å². The first kappa shape index (κ1) is 14.2. The molecule has 20 heavy (non-hydrogen) atoms. The van der Waals surface area contributed by atoms with Crippen LogP contribution in [0, 0.1) is 6.92 Å². The maximum atomic E-state index is 11.7. The molecule has 0 atom stereocenters. The molecule has 2 N–H and O–H groups in total. The van der Waals surface area contributed by atoms with Crippen LogP contribution in [0.1, 0.15) is 16.7 Å². The van der Waals surface area contributed by atoms with Crippen molar-refractivity contribution >= 4 is 5.91 Å². The number of hydrogen-bond donors (Lipinski definition) is 2. The molecule has 1 aromatic carbocycles. The van der Waals surface area contributed by atoms with Gasteiger partial charge in [0.2, 0.25) is 5.91 Å². The van der Waals surface area contributed by atoms with Gasteiger partial charge in [0, 0.05) is 25.5 Å². The van der Waals surface area contributed by atoms with Crippen molar-refractivity contribution in [2.75, 3.05) is 6.54 Å². The van der Waals surface area contributed by atoms with E-state index in [0.717, 1.165) is 11.1 Å². The van der Waals surface area contributed by atoms with E-state index in [1.54, 1.807) is 12.4 Å². The summed E-state index contributed by atoms with van der Waals surface area (Å²) in [6, 6.07) is 12.0. The third-order valence-corrected chi connectivity index (χ3v) is 2.94. The molecular formula is C16H19N3O. The van der Waals surface area contributed by atoms with Crippen molar-refractivity contribution < 1.29 is 4.79 Å². The van der Waals surface area contributed by atoms with Gasteiger partial charge in [0.15, 0.2) is 0 Å². The van der Waals surface area contributed by atoms with Gasteiger partial charge in [0.1, 0.15) is 0 Å². The summed E-state index contributed by atoms with van der Waals surface area (Å²) in [7, 11) is 0. The summed E-state index contributed by atoms with van der Waals surface area (Å²) in [5.41, 5.74) is 3.44. The fourth-order valence-electron chi connectivity index (χ4n) is 1.91. The molecule has 0 aliphatic rings. The van der Waals surface area contributed by atoms with Crippen LogP contribution in [-0.2, 0) is 17.9 Å². The Hall–Kier alpha value is -2.20. The van der Waals surface area contributed by atoms with Crippen molar-refractivity contribution in [1.29, 1.82) is 0 Å². The minimum atomic E-state index is 0.000521. The van der Waals surface area contributed by atoms with Crippen molar-refractivity contribution in [3.63, 3.8) is 0 Å². The van der Waals surface area contributed by atoms with E-state index in [1.165, 1.54) is 5.56 Å². The largest absolute Gasteiger partial charge is 0.351 e. The van der Waals surface area contributed by atoms with Gasteiger partial charge in [-0.15, -0.1) is 0 Å². The quantitative estimate of drug-likeness (QED) is 0.840. The maximum absolute atomic E-state index is 11.7. The van der Waals surface area contributed by atoms with Gasteiger partial charge in [-0.2, -0.15) is 0 Å². The Balaban J connectivity index is 1.68. The predicted octanol–water partition coefficient (Wildman–Crippen LogP) is 1.80. The van der Waals surface area contributed by atoms with E-state index < -0.39 is 0 Å². The molecule has 2 aromatic rings. The second-order valence-electron chi connectivity index (χ2n) is 4.72. The van der Waals surface area contributed by atoms with E-state index in [-0.39, 0.29) is 5.91 Å². The molecule has 0 radical (unpaired) electrons. The smallest absolute Gasteiger partial charge is 0.234 e. The fraction of sp³-hybridized carbons (Fsp3) is 0.250. The molecular weight excluding hydrogens is 250 g/mol. The van der Waals surface area contributed by atoms with Crippen LogP contribution in [0.2, 0.25) is 0 Å². The fourth-order valence-corrected chi connectivity index (χ4v) is 1.91. The lowest BCUT2D eigenvalue weighted by Crippen LogP contribution is -2.33. The average molecular weight is 269 g/mol. The van der Waals surface area contributed by atoms with E-state index in [4.69, 9.17) is 0 Å². The minimum absolute atomic E-state index is 0.000521. The lowest BCUT2D eigenvalue weighted by Gasteiger charge is -2.07. The third-order valence-electron chi connectivity index (χ3n) is 2.94. The zero-order valence-electron chi connectivity index (χ0n) is 11.6. The van der Waals surface area contributed by atoms with Crippen molar-refractivity contribution in [3.8, 4) is 0 Å². The first-order chi connectivity index (χ1) is 9.74. The van der Waals surface area contributed by atoms with Gasteiger partial charge in [0.25, 0.3) is 0 Å². The lowest BCUT2D eigenvalue weighted by atomic mass is 10.1. The van der Waals surface area contributed by atoms with E-state index in [1.807, 2.05) is 37.3 Å². The van der Waals surface area contributed by atoms with Crippen LogP contribution in [0.3, 0.4) is 0 Å². The summed E-state index contributed by atoms with van der Waals surface area (Å²) in [5.74, 6) is 0.000521. The maximum Gasteiger partial charge on any atom is 0.234 e. The van der Waals surface area contributed by atoms with Gasteiger partial charge >= 0.3 is 0 Å². The molecule has 104 valence electrons. The van der Waals surface area contributed by atoms with Gasteiger partial charge < -0.3 is 10.6 Å². The Labute approximate surface area is 119 Å². The molecule has 1 amide bonds. The summed E-state index contributed by atoms with van der Waals surface area (Å²) in [6.45, 7) is 3.59. The van der Waals surface area contributed by atoms with Crippen LogP contribution in [0.5, 0.6) is 0 Å². The van der Waals surface area contributed by atoms with Crippen LogP contribution in [0.15, 0.2) is 48.8 Å². The number of carbonyl (C=O) groups excluding carboxylic acids is 1.